The molecular weight excluding hydrogens is 422 g/mol. The number of allylic oxidation sites excluding steroid dienone is 1. The molecule has 0 unspecified atom stereocenters. The van der Waals surface area contributed by atoms with Crippen molar-refractivity contribution >= 4 is 11.9 Å². The molecule has 7 nitrogen and oxygen atoms in total. The topological polar surface area (TPSA) is 77.5 Å². The van der Waals surface area contributed by atoms with Crippen molar-refractivity contribution in [2.24, 2.45) is 5.92 Å². The minimum Gasteiger partial charge on any atom is -0.507 e. The van der Waals surface area contributed by atoms with Gasteiger partial charge in [-0.15, -0.1) is 0 Å². The number of phenolic OH excluding ortho intramolecular Hbond substituents is 1. The van der Waals surface area contributed by atoms with Gasteiger partial charge in [0.05, 0.1) is 32.5 Å². The Labute approximate surface area is 194 Å². The van der Waals surface area contributed by atoms with Crippen LogP contribution in [0.5, 0.6) is 28.7 Å². The van der Waals surface area contributed by atoms with Crippen molar-refractivity contribution in [3.63, 3.8) is 0 Å². The zero-order valence-electron chi connectivity index (χ0n) is 19.9. The van der Waals surface area contributed by atoms with Crippen molar-refractivity contribution in [1.82, 2.24) is 4.90 Å². The minimum absolute atomic E-state index is 0.155. The van der Waals surface area contributed by atoms with E-state index in [0.717, 1.165) is 25.9 Å². The van der Waals surface area contributed by atoms with Gasteiger partial charge in [-0.3, -0.25) is 9.69 Å². The number of aromatic hydroxyl groups is 1. The Morgan fingerprint density at radius 3 is 2.45 bits per heavy atom. The number of hydrogen-bond donors (Lipinski definition) is 1. The Hall–Kier alpha value is -3.19. The SMILES string of the molecule is COc1ccc(/C=C2\Oc3c(CN4CCC(C)CC4)c(O)cc(C)c3C2=O)c(OC)c1OC. The van der Waals surface area contributed by atoms with E-state index in [1.165, 1.54) is 14.2 Å². The summed E-state index contributed by atoms with van der Waals surface area (Å²) in [5, 5.41) is 10.7. The lowest BCUT2D eigenvalue weighted by Gasteiger charge is -2.30. The second-order valence-corrected chi connectivity index (χ2v) is 8.72. The average Bonchev–Trinajstić information content (AvgIpc) is 3.13. The maximum atomic E-state index is 13.3. The first kappa shape index (κ1) is 23.0. The molecule has 0 atom stereocenters. The van der Waals surface area contributed by atoms with Crippen LogP contribution in [0, 0.1) is 12.8 Å². The van der Waals surface area contributed by atoms with E-state index >= 15 is 0 Å². The van der Waals surface area contributed by atoms with Gasteiger partial charge in [-0.1, -0.05) is 6.92 Å². The number of likely N-dealkylation sites (tertiary alicyclic amines) is 1. The van der Waals surface area contributed by atoms with E-state index in [4.69, 9.17) is 18.9 Å². The Kier molecular flexibility index (Phi) is 6.51. The maximum absolute atomic E-state index is 13.3. The summed E-state index contributed by atoms with van der Waals surface area (Å²) in [5.74, 6) is 2.68. The van der Waals surface area contributed by atoms with Crippen LogP contribution in [0.3, 0.4) is 0 Å². The second kappa shape index (κ2) is 9.35. The quantitative estimate of drug-likeness (QED) is 0.642. The first-order valence-electron chi connectivity index (χ1n) is 11.2. The van der Waals surface area contributed by atoms with Crippen LogP contribution in [-0.2, 0) is 6.54 Å². The highest BCUT2D eigenvalue weighted by Gasteiger charge is 2.34. The van der Waals surface area contributed by atoms with E-state index in [0.29, 0.717) is 57.7 Å². The zero-order valence-corrected chi connectivity index (χ0v) is 19.9. The molecule has 0 bridgehead atoms. The maximum Gasteiger partial charge on any atom is 0.232 e. The first-order valence-corrected chi connectivity index (χ1v) is 11.2. The largest absolute Gasteiger partial charge is 0.507 e. The molecule has 1 saturated heterocycles. The molecular formula is C26H31NO6. The van der Waals surface area contributed by atoms with Crippen molar-refractivity contribution in [2.45, 2.75) is 33.2 Å². The van der Waals surface area contributed by atoms with Gasteiger partial charge in [0.15, 0.2) is 17.3 Å². The standard InChI is InChI=1S/C26H31NO6/c1-15-8-10-27(11-9-15)14-18-19(28)12-16(2)22-23(29)21(33-25(18)22)13-17-6-7-20(30-3)26(32-5)24(17)31-4/h6-7,12-13,15,28H,8-11,14H2,1-5H3/b21-13-. The monoisotopic (exact) mass is 453 g/mol. The number of benzene rings is 2. The molecule has 2 heterocycles. The third kappa shape index (κ3) is 4.25. The van der Waals surface area contributed by atoms with Gasteiger partial charge in [0.2, 0.25) is 11.5 Å². The van der Waals surface area contributed by atoms with Crippen molar-refractivity contribution in [3.05, 3.63) is 46.2 Å². The fourth-order valence-electron chi connectivity index (χ4n) is 4.56. The van der Waals surface area contributed by atoms with Gasteiger partial charge in [-0.2, -0.15) is 0 Å². The number of aryl methyl sites for hydroxylation is 1. The van der Waals surface area contributed by atoms with Gasteiger partial charge in [0.1, 0.15) is 11.5 Å². The van der Waals surface area contributed by atoms with Gasteiger partial charge in [-0.25, -0.2) is 0 Å². The van der Waals surface area contributed by atoms with Crippen molar-refractivity contribution in [3.8, 4) is 28.7 Å². The van der Waals surface area contributed by atoms with Crippen molar-refractivity contribution < 1.29 is 28.8 Å². The molecule has 2 aromatic carbocycles. The van der Waals surface area contributed by atoms with Crippen LogP contribution in [0.2, 0.25) is 0 Å². The lowest BCUT2D eigenvalue weighted by atomic mass is 9.96. The Balaban J connectivity index is 1.72. The summed E-state index contributed by atoms with van der Waals surface area (Å²) in [4.78, 5) is 15.6. The first-order chi connectivity index (χ1) is 15.9. The summed E-state index contributed by atoms with van der Waals surface area (Å²) in [5.41, 5.74) is 2.46. The number of nitrogens with zero attached hydrogens (tertiary/aromatic N) is 1. The summed E-state index contributed by atoms with van der Waals surface area (Å²) >= 11 is 0. The lowest BCUT2D eigenvalue weighted by Crippen LogP contribution is -2.32. The summed E-state index contributed by atoms with van der Waals surface area (Å²) in [7, 11) is 4.62. The van der Waals surface area contributed by atoms with Gasteiger partial charge in [0, 0.05) is 12.1 Å². The highest BCUT2D eigenvalue weighted by atomic mass is 16.5. The highest BCUT2D eigenvalue weighted by molar-refractivity contribution is 6.16. The van der Waals surface area contributed by atoms with E-state index < -0.39 is 0 Å². The summed E-state index contributed by atoms with van der Waals surface area (Å²) in [6.07, 6.45) is 3.89. The molecule has 2 aliphatic heterocycles. The van der Waals surface area contributed by atoms with Gasteiger partial charge < -0.3 is 24.1 Å². The van der Waals surface area contributed by atoms with Gasteiger partial charge in [-0.05, 0) is 68.6 Å². The van der Waals surface area contributed by atoms with Crippen LogP contribution in [0.15, 0.2) is 24.0 Å². The Bertz CT molecular complexity index is 1100. The van der Waals surface area contributed by atoms with E-state index in [9.17, 15) is 9.90 Å². The van der Waals surface area contributed by atoms with E-state index in [2.05, 4.69) is 11.8 Å². The molecule has 176 valence electrons. The third-order valence-corrected chi connectivity index (χ3v) is 6.50. The average molecular weight is 454 g/mol. The Morgan fingerprint density at radius 1 is 1.12 bits per heavy atom. The normalized spacial score (nSPS) is 17.7. The van der Waals surface area contributed by atoms with Gasteiger partial charge >= 0.3 is 0 Å². The number of carbonyl (C=O) groups excluding carboxylic acids is 1. The molecule has 1 N–H and O–H groups in total. The number of carbonyl (C=O) groups is 1. The van der Waals surface area contributed by atoms with Crippen LogP contribution in [-0.4, -0.2) is 50.2 Å². The number of rotatable bonds is 6. The molecule has 0 amide bonds. The van der Waals surface area contributed by atoms with Crippen LogP contribution < -0.4 is 18.9 Å². The van der Waals surface area contributed by atoms with E-state index in [1.54, 1.807) is 31.4 Å². The molecule has 33 heavy (non-hydrogen) atoms. The summed E-state index contributed by atoms with van der Waals surface area (Å²) in [6, 6.07) is 5.19. The Morgan fingerprint density at radius 2 is 1.82 bits per heavy atom. The third-order valence-electron chi connectivity index (χ3n) is 6.50. The number of hydrogen-bond acceptors (Lipinski definition) is 7. The summed E-state index contributed by atoms with van der Waals surface area (Å²) < 4.78 is 22.4. The number of phenols is 1. The molecule has 2 aliphatic rings. The number of ketones is 1. The van der Waals surface area contributed by atoms with E-state index in [1.807, 2.05) is 6.92 Å². The molecule has 2 aromatic rings. The highest BCUT2D eigenvalue weighted by Crippen LogP contribution is 2.45. The van der Waals surface area contributed by atoms with Crippen LogP contribution in [0.25, 0.3) is 6.08 Å². The molecule has 0 aromatic heterocycles. The number of Topliss-reactive ketones (excluding diaryl/α,β-unsaturated/α-hetero) is 1. The minimum atomic E-state index is -0.215. The molecule has 4 rings (SSSR count). The molecule has 0 radical (unpaired) electrons. The molecule has 0 aliphatic carbocycles. The smallest absolute Gasteiger partial charge is 0.232 e. The van der Waals surface area contributed by atoms with Crippen LogP contribution in [0.4, 0.5) is 0 Å². The summed E-state index contributed by atoms with van der Waals surface area (Å²) in [6.45, 7) is 6.54. The zero-order chi connectivity index (χ0) is 23.7. The van der Waals surface area contributed by atoms with Gasteiger partial charge in [0.25, 0.3) is 0 Å². The number of fused-ring (bicyclic) bond motifs is 1. The van der Waals surface area contributed by atoms with Crippen LogP contribution >= 0.6 is 0 Å². The predicted molar refractivity (Wildman–Crippen MR) is 126 cm³/mol. The second-order valence-electron chi connectivity index (χ2n) is 8.72. The fourth-order valence-corrected chi connectivity index (χ4v) is 4.56. The molecule has 0 saturated carbocycles. The molecule has 7 heteroatoms. The van der Waals surface area contributed by atoms with Crippen LogP contribution in [0.1, 0.15) is 46.8 Å². The number of ether oxygens (including phenoxy) is 4. The lowest BCUT2D eigenvalue weighted by molar-refractivity contribution is 0.101. The van der Waals surface area contributed by atoms with Crippen molar-refractivity contribution in [2.75, 3.05) is 34.4 Å². The predicted octanol–water partition coefficient (Wildman–Crippen LogP) is 4.57. The number of piperidine rings is 1. The number of methoxy groups -OCH3 is 3. The van der Waals surface area contributed by atoms with Crippen molar-refractivity contribution in [1.29, 1.82) is 0 Å². The molecule has 0 spiro atoms. The molecule has 1 fully saturated rings. The van der Waals surface area contributed by atoms with E-state index in [-0.39, 0.29) is 17.3 Å². The fraction of sp³-hybridized carbons (Fsp3) is 0.423.